The standard InChI is InChI=1S/C20H24N2O3.H2O/c23-17-6-5-11-10-22-8-7-13-12-3-1-2-4-15(12)21-19(13)16(22)9-14(11)18(17)20(24)25;/h1-4,11,14,16-18,21,23H,5-10H2,(H,24,25);1H2/t11?,14-,16-,17-,18+;/m0./s1. The van der Waals surface area contributed by atoms with E-state index in [4.69, 9.17) is 0 Å². The molecule has 26 heavy (non-hydrogen) atoms. The smallest absolute Gasteiger partial charge is 0.129 e. The first-order valence-electron chi connectivity index (χ1n) is 9.46. The lowest BCUT2D eigenvalue weighted by molar-refractivity contribution is -0.945. The Kier molecular flexibility index (Phi) is 4.29. The van der Waals surface area contributed by atoms with Crippen molar-refractivity contribution in [3.05, 3.63) is 35.5 Å². The number of aliphatic carboxylic acids is 1. The third-order valence-corrected chi connectivity index (χ3v) is 7.00. The minimum atomic E-state index is -1.07. The molecule has 0 amide bonds. The number of quaternary nitrogens is 1. The monoisotopic (exact) mass is 358 g/mol. The number of carboxylic acid groups (broad SMARTS) is 1. The van der Waals surface area contributed by atoms with Gasteiger partial charge in [-0.1, -0.05) is 18.2 Å². The minimum Gasteiger partial charge on any atom is -0.550 e. The fourth-order valence-corrected chi connectivity index (χ4v) is 5.87. The summed E-state index contributed by atoms with van der Waals surface area (Å²) in [6, 6.07) is 8.73. The normalized spacial score (nSPS) is 35.7. The average Bonchev–Trinajstić information content (AvgIpc) is 2.99. The Hall–Kier alpha value is -1.89. The Labute approximate surface area is 152 Å². The molecule has 6 atom stereocenters. The predicted octanol–water partition coefficient (Wildman–Crippen LogP) is -1.02. The van der Waals surface area contributed by atoms with E-state index in [0.29, 0.717) is 18.4 Å². The summed E-state index contributed by atoms with van der Waals surface area (Å²) in [7, 11) is 0. The first kappa shape index (κ1) is 17.5. The van der Waals surface area contributed by atoms with Gasteiger partial charge in [-0.25, -0.2) is 0 Å². The van der Waals surface area contributed by atoms with Gasteiger partial charge in [0.2, 0.25) is 0 Å². The van der Waals surface area contributed by atoms with Crippen LogP contribution in [0.3, 0.4) is 0 Å². The highest BCUT2D eigenvalue weighted by molar-refractivity contribution is 5.85. The summed E-state index contributed by atoms with van der Waals surface area (Å²) >= 11 is 0. The number of H-pyrrole nitrogens is 1. The van der Waals surface area contributed by atoms with Crippen molar-refractivity contribution >= 4 is 16.9 Å². The Morgan fingerprint density at radius 1 is 1.27 bits per heavy atom. The van der Waals surface area contributed by atoms with E-state index in [1.165, 1.54) is 22.2 Å². The molecule has 0 bridgehead atoms. The van der Waals surface area contributed by atoms with Gasteiger partial charge in [0.25, 0.3) is 0 Å². The lowest BCUT2D eigenvalue weighted by atomic mass is 9.65. The molecule has 3 heterocycles. The molecule has 6 heteroatoms. The number of hydrogen-bond acceptors (Lipinski definition) is 3. The topological polar surface area (TPSA) is 112 Å². The van der Waals surface area contributed by atoms with Crippen molar-refractivity contribution in [1.29, 1.82) is 0 Å². The van der Waals surface area contributed by atoms with Crippen molar-refractivity contribution in [3.8, 4) is 0 Å². The average molecular weight is 358 g/mol. The molecule has 5 N–H and O–H groups in total. The van der Waals surface area contributed by atoms with E-state index in [9.17, 15) is 15.0 Å². The quantitative estimate of drug-likeness (QED) is 0.607. The number of hydrogen-bond donors (Lipinski definition) is 3. The highest BCUT2D eigenvalue weighted by Crippen LogP contribution is 2.43. The van der Waals surface area contributed by atoms with Crippen molar-refractivity contribution in [2.75, 3.05) is 13.1 Å². The number of fused-ring (bicyclic) bond motifs is 6. The van der Waals surface area contributed by atoms with E-state index >= 15 is 0 Å². The zero-order valence-electron chi connectivity index (χ0n) is 14.7. The van der Waals surface area contributed by atoms with Crippen molar-refractivity contribution < 1.29 is 25.4 Å². The van der Waals surface area contributed by atoms with Gasteiger partial charge in [0.1, 0.15) is 6.04 Å². The SMILES string of the molecule is O.O=C([O-])[C@H]1[C@@H](O)CCC2C[NH+]3CCc4c([nH]c5ccccc45)[C@@H]3C[C@@H]21. The molecule has 0 spiro atoms. The van der Waals surface area contributed by atoms with Crippen LogP contribution in [0.4, 0.5) is 0 Å². The largest absolute Gasteiger partial charge is 0.550 e. The van der Waals surface area contributed by atoms with E-state index in [1.807, 2.05) is 0 Å². The molecule has 2 aromatic rings. The molecule has 1 aliphatic carbocycles. The van der Waals surface area contributed by atoms with Crippen molar-refractivity contribution in [3.63, 3.8) is 0 Å². The fraction of sp³-hybridized carbons (Fsp3) is 0.550. The molecule has 2 unspecified atom stereocenters. The van der Waals surface area contributed by atoms with Crippen LogP contribution in [0, 0.1) is 17.8 Å². The van der Waals surface area contributed by atoms with Gasteiger partial charge in [0.15, 0.2) is 0 Å². The molecule has 3 aliphatic rings. The number of piperidine rings is 1. The Balaban J connectivity index is 0.00000168. The number of nitrogens with one attached hydrogen (secondary N) is 2. The maximum Gasteiger partial charge on any atom is 0.129 e. The highest BCUT2D eigenvalue weighted by atomic mass is 16.4. The second-order valence-corrected chi connectivity index (χ2v) is 8.13. The van der Waals surface area contributed by atoms with E-state index in [0.717, 1.165) is 32.4 Å². The lowest BCUT2D eigenvalue weighted by Gasteiger charge is -2.49. The van der Waals surface area contributed by atoms with Crippen LogP contribution >= 0.6 is 0 Å². The molecule has 1 saturated carbocycles. The number of aromatic amines is 1. The van der Waals surface area contributed by atoms with Gasteiger partial charge in [0.05, 0.1) is 24.9 Å². The zero-order chi connectivity index (χ0) is 17.1. The van der Waals surface area contributed by atoms with E-state index in [1.54, 1.807) is 4.90 Å². The van der Waals surface area contributed by atoms with Crippen LogP contribution in [-0.4, -0.2) is 40.7 Å². The number of carboxylic acids is 1. The molecular formula is C20H26N2O4. The van der Waals surface area contributed by atoms with Gasteiger partial charge >= 0.3 is 0 Å². The Morgan fingerprint density at radius 2 is 2.08 bits per heavy atom. The molecule has 2 aliphatic heterocycles. The van der Waals surface area contributed by atoms with E-state index in [-0.39, 0.29) is 11.4 Å². The van der Waals surface area contributed by atoms with Crippen LogP contribution in [0.2, 0.25) is 0 Å². The summed E-state index contributed by atoms with van der Waals surface area (Å²) in [5.41, 5.74) is 3.87. The van der Waals surface area contributed by atoms with Gasteiger partial charge < -0.3 is 30.4 Å². The van der Waals surface area contributed by atoms with Crippen LogP contribution < -0.4 is 10.0 Å². The summed E-state index contributed by atoms with van der Waals surface area (Å²) in [4.78, 5) is 16.9. The first-order chi connectivity index (χ1) is 12.1. The number of aliphatic hydroxyl groups excluding tert-OH is 1. The van der Waals surface area contributed by atoms with Gasteiger partial charge in [-0.2, -0.15) is 0 Å². The third kappa shape index (κ3) is 2.47. The Morgan fingerprint density at radius 3 is 2.88 bits per heavy atom. The maximum absolute atomic E-state index is 11.7. The fourth-order valence-electron chi connectivity index (χ4n) is 5.87. The molecule has 1 aromatic carbocycles. The number of aliphatic hydroxyl groups is 1. The molecule has 2 fully saturated rings. The van der Waals surface area contributed by atoms with E-state index in [2.05, 4.69) is 29.2 Å². The molecule has 0 radical (unpaired) electrons. The van der Waals surface area contributed by atoms with Gasteiger partial charge in [-0.15, -0.1) is 0 Å². The minimum absolute atomic E-state index is 0. The number of rotatable bonds is 1. The van der Waals surface area contributed by atoms with Crippen molar-refractivity contribution in [2.45, 2.75) is 37.8 Å². The Bertz CT molecular complexity index is 832. The second-order valence-electron chi connectivity index (χ2n) is 8.13. The van der Waals surface area contributed by atoms with Crippen LogP contribution in [-0.2, 0) is 11.2 Å². The summed E-state index contributed by atoms with van der Waals surface area (Å²) in [6.07, 6.45) is 2.68. The summed E-state index contributed by atoms with van der Waals surface area (Å²) in [6.45, 7) is 2.13. The van der Waals surface area contributed by atoms with Crippen molar-refractivity contribution in [2.24, 2.45) is 17.8 Å². The molecule has 5 rings (SSSR count). The molecule has 6 nitrogen and oxygen atoms in total. The lowest BCUT2D eigenvalue weighted by Crippen LogP contribution is -3.15. The van der Waals surface area contributed by atoms with Gasteiger partial charge in [-0.3, -0.25) is 0 Å². The summed E-state index contributed by atoms with van der Waals surface area (Å²) in [5, 5.41) is 23.2. The predicted molar refractivity (Wildman–Crippen MR) is 94.4 cm³/mol. The molecule has 140 valence electrons. The molecule has 1 aromatic heterocycles. The summed E-state index contributed by atoms with van der Waals surface area (Å²) < 4.78 is 0. The first-order valence-corrected chi connectivity index (χ1v) is 9.46. The summed E-state index contributed by atoms with van der Waals surface area (Å²) in [5.74, 6) is -1.36. The van der Waals surface area contributed by atoms with Crippen molar-refractivity contribution in [1.82, 2.24) is 4.98 Å². The number of aromatic nitrogens is 1. The van der Waals surface area contributed by atoms with E-state index < -0.39 is 18.0 Å². The molecule has 1 saturated heterocycles. The number of carbonyl (C=O) groups is 1. The number of carbonyl (C=O) groups excluding carboxylic acids is 1. The third-order valence-electron chi connectivity index (χ3n) is 7.00. The van der Waals surface area contributed by atoms with Crippen LogP contribution in [0.1, 0.15) is 36.6 Å². The van der Waals surface area contributed by atoms with Gasteiger partial charge in [0, 0.05) is 41.5 Å². The van der Waals surface area contributed by atoms with Crippen LogP contribution in [0.25, 0.3) is 10.9 Å². The zero-order valence-corrected chi connectivity index (χ0v) is 14.7. The maximum atomic E-state index is 11.7. The van der Waals surface area contributed by atoms with Crippen LogP contribution in [0.5, 0.6) is 0 Å². The highest BCUT2D eigenvalue weighted by Gasteiger charge is 2.49. The molecular weight excluding hydrogens is 332 g/mol. The van der Waals surface area contributed by atoms with Gasteiger partial charge in [-0.05, 0) is 30.4 Å². The number of para-hydroxylation sites is 1. The number of benzene rings is 1. The van der Waals surface area contributed by atoms with Crippen LogP contribution in [0.15, 0.2) is 24.3 Å². The second kappa shape index (κ2) is 6.37.